The molecule has 2 nitrogen and oxygen atoms in total. The number of nitrogens with zero attached hydrogens (tertiary/aromatic N) is 1. The Hall–Kier alpha value is -0.960. The van der Waals surface area contributed by atoms with Crippen LogP contribution >= 0.6 is 34.8 Å². The van der Waals surface area contributed by atoms with Crippen LogP contribution in [0.3, 0.4) is 0 Å². The van der Waals surface area contributed by atoms with E-state index in [0.717, 1.165) is 5.56 Å². The van der Waals surface area contributed by atoms with Gasteiger partial charge in [-0.05, 0) is 18.6 Å². The molecule has 0 atom stereocenters. The molecule has 94 valence electrons. The second kappa shape index (κ2) is 5.79. The summed E-state index contributed by atoms with van der Waals surface area (Å²) < 4.78 is 0. The highest BCUT2D eigenvalue weighted by Crippen LogP contribution is 2.29. The number of aryl methyl sites for hydroxylation is 1. The molecule has 1 aromatic heterocycles. The Morgan fingerprint density at radius 3 is 2.39 bits per heavy atom. The summed E-state index contributed by atoms with van der Waals surface area (Å²) in [5, 5.41) is 4.18. The van der Waals surface area contributed by atoms with Crippen molar-refractivity contribution in [1.82, 2.24) is 4.98 Å². The molecule has 0 aliphatic carbocycles. The Morgan fingerprint density at radius 2 is 1.72 bits per heavy atom. The van der Waals surface area contributed by atoms with Crippen LogP contribution in [0.15, 0.2) is 30.3 Å². The van der Waals surface area contributed by atoms with Crippen molar-refractivity contribution in [3.05, 3.63) is 56.7 Å². The van der Waals surface area contributed by atoms with Crippen molar-refractivity contribution >= 4 is 40.6 Å². The van der Waals surface area contributed by atoms with E-state index in [0.29, 0.717) is 22.4 Å². The van der Waals surface area contributed by atoms with Crippen LogP contribution in [0.1, 0.15) is 11.1 Å². The molecule has 2 aromatic rings. The maximum Gasteiger partial charge on any atom is 0.150 e. The fraction of sp³-hybridized carbons (Fsp3) is 0.154. The van der Waals surface area contributed by atoms with Crippen LogP contribution < -0.4 is 5.32 Å². The molecule has 0 saturated carbocycles. The molecule has 0 unspecified atom stereocenters. The number of anilines is 1. The third-order valence-electron chi connectivity index (χ3n) is 2.47. The highest BCUT2D eigenvalue weighted by atomic mass is 35.5. The SMILES string of the molecule is Cc1ccc(CNc2nc(Cl)c(Cl)cc2Cl)cc1. The Balaban J connectivity index is 2.10. The maximum absolute atomic E-state index is 6.02. The third kappa shape index (κ3) is 3.29. The van der Waals surface area contributed by atoms with E-state index in [1.54, 1.807) is 6.07 Å². The topological polar surface area (TPSA) is 24.9 Å². The van der Waals surface area contributed by atoms with Gasteiger partial charge in [-0.3, -0.25) is 0 Å². The highest BCUT2D eigenvalue weighted by molar-refractivity contribution is 6.42. The van der Waals surface area contributed by atoms with E-state index in [2.05, 4.69) is 29.4 Å². The van der Waals surface area contributed by atoms with E-state index in [4.69, 9.17) is 34.8 Å². The lowest BCUT2D eigenvalue weighted by Gasteiger charge is -2.09. The van der Waals surface area contributed by atoms with Crippen LogP contribution in [0.5, 0.6) is 0 Å². The summed E-state index contributed by atoms with van der Waals surface area (Å²) >= 11 is 17.7. The molecule has 18 heavy (non-hydrogen) atoms. The molecular weight excluding hydrogens is 291 g/mol. The molecule has 1 heterocycles. The Labute approximate surface area is 121 Å². The second-order valence-electron chi connectivity index (χ2n) is 3.93. The van der Waals surface area contributed by atoms with E-state index >= 15 is 0 Å². The van der Waals surface area contributed by atoms with Gasteiger partial charge >= 0.3 is 0 Å². The number of pyridine rings is 1. The summed E-state index contributed by atoms with van der Waals surface area (Å²) in [4.78, 5) is 4.10. The van der Waals surface area contributed by atoms with Gasteiger partial charge in [0.05, 0.1) is 10.0 Å². The first kappa shape index (κ1) is 13.5. The average Bonchev–Trinajstić information content (AvgIpc) is 2.34. The molecule has 0 amide bonds. The predicted octanol–water partition coefficient (Wildman–Crippen LogP) is 4.96. The van der Waals surface area contributed by atoms with Crippen LogP contribution in [-0.2, 0) is 6.54 Å². The van der Waals surface area contributed by atoms with Gasteiger partial charge < -0.3 is 5.32 Å². The van der Waals surface area contributed by atoms with Crippen molar-refractivity contribution in [3.63, 3.8) is 0 Å². The zero-order valence-corrected chi connectivity index (χ0v) is 11.9. The molecule has 1 aromatic carbocycles. The number of benzene rings is 1. The lowest BCUT2D eigenvalue weighted by molar-refractivity contribution is 1.11. The third-order valence-corrected chi connectivity index (χ3v) is 3.43. The fourth-order valence-electron chi connectivity index (χ4n) is 1.46. The molecule has 0 radical (unpaired) electrons. The summed E-state index contributed by atoms with van der Waals surface area (Å²) in [5.41, 5.74) is 2.37. The van der Waals surface area contributed by atoms with Gasteiger partial charge in [0.25, 0.3) is 0 Å². The average molecular weight is 302 g/mol. The summed E-state index contributed by atoms with van der Waals surface area (Å²) in [6.45, 7) is 2.68. The van der Waals surface area contributed by atoms with Crippen molar-refractivity contribution in [2.75, 3.05) is 5.32 Å². The van der Waals surface area contributed by atoms with E-state index in [1.807, 2.05) is 12.1 Å². The summed E-state index contributed by atoms with van der Waals surface area (Å²) in [7, 11) is 0. The Kier molecular flexibility index (Phi) is 4.33. The zero-order chi connectivity index (χ0) is 13.1. The first-order valence-electron chi connectivity index (χ1n) is 5.37. The van der Waals surface area contributed by atoms with Gasteiger partial charge in [-0.15, -0.1) is 0 Å². The van der Waals surface area contributed by atoms with E-state index in [9.17, 15) is 0 Å². The zero-order valence-electron chi connectivity index (χ0n) is 9.67. The quantitative estimate of drug-likeness (QED) is 0.810. The summed E-state index contributed by atoms with van der Waals surface area (Å²) in [6.07, 6.45) is 0. The maximum atomic E-state index is 6.02. The first-order chi connectivity index (χ1) is 8.56. The van der Waals surface area contributed by atoms with Crippen LogP contribution in [0.2, 0.25) is 15.2 Å². The summed E-state index contributed by atoms with van der Waals surface area (Å²) in [6, 6.07) is 9.79. The van der Waals surface area contributed by atoms with Crippen LogP contribution in [-0.4, -0.2) is 4.98 Å². The minimum Gasteiger partial charge on any atom is -0.365 e. The fourth-order valence-corrected chi connectivity index (χ4v) is 2.02. The minimum atomic E-state index is 0.243. The smallest absolute Gasteiger partial charge is 0.150 e. The number of aromatic nitrogens is 1. The van der Waals surface area contributed by atoms with Crippen LogP contribution in [0.4, 0.5) is 5.82 Å². The van der Waals surface area contributed by atoms with Crippen molar-refractivity contribution < 1.29 is 0 Å². The molecule has 0 aliphatic heterocycles. The van der Waals surface area contributed by atoms with Crippen LogP contribution in [0, 0.1) is 6.92 Å². The molecule has 2 rings (SSSR count). The molecular formula is C13H11Cl3N2. The molecule has 0 saturated heterocycles. The lowest BCUT2D eigenvalue weighted by Crippen LogP contribution is -2.02. The van der Waals surface area contributed by atoms with Gasteiger partial charge in [0, 0.05) is 6.54 Å². The Morgan fingerprint density at radius 1 is 1.06 bits per heavy atom. The van der Waals surface area contributed by atoms with Crippen molar-refractivity contribution in [2.45, 2.75) is 13.5 Å². The van der Waals surface area contributed by atoms with Gasteiger partial charge in [0.1, 0.15) is 11.0 Å². The summed E-state index contributed by atoms with van der Waals surface area (Å²) in [5.74, 6) is 0.534. The van der Waals surface area contributed by atoms with Gasteiger partial charge in [0.2, 0.25) is 0 Å². The number of hydrogen-bond donors (Lipinski definition) is 1. The number of hydrogen-bond acceptors (Lipinski definition) is 2. The minimum absolute atomic E-state index is 0.243. The molecule has 0 aliphatic rings. The van der Waals surface area contributed by atoms with E-state index < -0.39 is 0 Å². The molecule has 5 heteroatoms. The monoisotopic (exact) mass is 300 g/mol. The molecule has 0 bridgehead atoms. The second-order valence-corrected chi connectivity index (χ2v) is 5.10. The Bertz CT molecular complexity index is 553. The number of halogens is 3. The van der Waals surface area contributed by atoms with Crippen LogP contribution in [0.25, 0.3) is 0 Å². The number of nitrogens with one attached hydrogen (secondary N) is 1. The van der Waals surface area contributed by atoms with Gasteiger partial charge in [-0.1, -0.05) is 64.6 Å². The van der Waals surface area contributed by atoms with Gasteiger partial charge in [0.15, 0.2) is 0 Å². The molecule has 1 N–H and O–H groups in total. The van der Waals surface area contributed by atoms with Gasteiger partial charge in [-0.25, -0.2) is 4.98 Å². The van der Waals surface area contributed by atoms with E-state index in [-0.39, 0.29) is 5.15 Å². The van der Waals surface area contributed by atoms with Gasteiger partial charge in [-0.2, -0.15) is 0 Å². The van der Waals surface area contributed by atoms with E-state index in [1.165, 1.54) is 5.56 Å². The first-order valence-corrected chi connectivity index (χ1v) is 6.50. The lowest BCUT2D eigenvalue weighted by atomic mass is 10.1. The number of rotatable bonds is 3. The highest BCUT2D eigenvalue weighted by Gasteiger charge is 2.07. The largest absolute Gasteiger partial charge is 0.365 e. The molecule has 0 fully saturated rings. The normalized spacial score (nSPS) is 10.4. The van der Waals surface area contributed by atoms with Crippen molar-refractivity contribution in [2.24, 2.45) is 0 Å². The molecule has 0 spiro atoms. The van der Waals surface area contributed by atoms with Crippen molar-refractivity contribution in [3.8, 4) is 0 Å². The predicted molar refractivity (Wildman–Crippen MR) is 77.8 cm³/mol. The standard InChI is InChI=1S/C13H11Cl3N2/c1-8-2-4-9(5-3-8)7-17-13-11(15)6-10(14)12(16)18-13/h2-6H,7H2,1H3,(H,17,18). The van der Waals surface area contributed by atoms with Crippen molar-refractivity contribution in [1.29, 1.82) is 0 Å².